The summed E-state index contributed by atoms with van der Waals surface area (Å²) >= 11 is 9.22. The molecule has 4 heteroatoms. The van der Waals surface area contributed by atoms with Gasteiger partial charge in [0.1, 0.15) is 12.4 Å². The Morgan fingerprint density at radius 1 is 1.18 bits per heavy atom. The van der Waals surface area contributed by atoms with Crippen molar-refractivity contribution in [3.8, 4) is 5.75 Å². The van der Waals surface area contributed by atoms with E-state index in [0.29, 0.717) is 12.5 Å². The van der Waals surface area contributed by atoms with Gasteiger partial charge in [-0.3, -0.25) is 4.98 Å². The first-order valence-electron chi connectivity index (χ1n) is 5.15. The fourth-order valence-electron chi connectivity index (χ4n) is 1.39. The number of alkyl halides is 1. The van der Waals surface area contributed by atoms with E-state index in [9.17, 15) is 0 Å². The van der Waals surface area contributed by atoms with E-state index < -0.39 is 0 Å². The van der Waals surface area contributed by atoms with Gasteiger partial charge in [0.2, 0.25) is 0 Å². The number of hydrogen-bond acceptors (Lipinski definition) is 2. The molecular formula is C13H11BrClNO. The van der Waals surface area contributed by atoms with Gasteiger partial charge in [-0.15, -0.1) is 11.6 Å². The van der Waals surface area contributed by atoms with E-state index >= 15 is 0 Å². The highest BCUT2D eigenvalue weighted by Crippen LogP contribution is 2.20. The molecule has 0 aliphatic rings. The lowest BCUT2D eigenvalue weighted by Crippen LogP contribution is -1.98. The first kappa shape index (κ1) is 12.4. The molecule has 0 atom stereocenters. The molecule has 1 aromatic carbocycles. The highest BCUT2D eigenvalue weighted by atomic mass is 79.9. The zero-order chi connectivity index (χ0) is 12.1. The Kier molecular flexibility index (Phi) is 4.40. The molecule has 0 fully saturated rings. The first-order chi connectivity index (χ1) is 8.29. The second-order valence-electron chi connectivity index (χ2n) is 3.53. The van der Waals surface area contributed by atoms with Gasteiger partial charge in [0, 0.05) is 16.2 Å². The van der Waals surface area contributed by atoms with Gasteiger partial charge in [-0.05, 0) is 23.8 Å². The second-order valence-corrected chi connectivity index (χ2v) is 4.72. The molecule has 0 unspecified atom stereocenters. The van der Waals surface area contributed by atoms with E-state index in [1.807, 2.05) is 30.3 Å². The van der Waals surface area contributed by atoms with Crippen molar-refractivity contribution in [1.82, 2.24) is 4.98 Å². The molecule has 1 heterocycles. The maximum Gasteiger partial charge on any atom is 0.142 e. The predicted octanol–water partition coefficient (Wildman–Crippen LogP) is 4.16. The van der Waals surface area contributed by atoms with Crippen LogP contribution in [0.2, 0.25) is 0 Å². The van der Waals surface area contributed by atoms with Crippen LogP contribution in [0.25, 0.3) is 0 Å². The van der Waals surface area contributed by atoms with Crippen molar-refractivity contribution < 1.29 is 4.74 Å². The average molecular weight is 313 g/mol. The third kappa shape index (κ3) is 3.45. The second kappa shape index (κ2) is 6.03. The number of nitrogens with zero attached hydrogens (tertiary/aromatic N) is 1. The molecule has 0 aliphatic heterocycles. The van der Waals surface area contributed by atoms with Crippen molar-refractivity contribution in [1.29, 1.82) is 0 Å². The van der Waals surface area contributed by atoms with Crippen molar-refractivity contribution in [2.45, 2.75) is 12.5 Å². The third-order valence-corrected chi connectivity index (χ3v) is 3.14. The summed E-state index contributed by atoms with van der Waals surface area (Å²) in [5, 5.41) is 0. The summed E-state index contributed by atoms with van der Waals surface area (Å²) in [4.78, 5) is 4.03. The molecule has 2 rings (SSSR count). The van der Waals surface area contributed by atoms with Gasteiger partial charge in [-0.25, -0.2) is 0 Å². The van der Waals surface area contributed by atoms with Crippen molar-refractivity contribution in [3.05, 3.63) is 58.3 Å². The van der Waals surface area contributed by atoms with Gasteiger partial charge in [0.05, 0.1) is 12.1 Å². The summed E-state index contributed by atoms with van der Waals surface area (Å²) in [6.07, 6.45) is 3.40. The van der Waals surface area contributed by atoms with E-state index in [-0.39, 0.29) is 0 Å². The third-order valence-electron chi connectivity index (χ3n) is 2.32. The highest BCUT2D eigenvalue weighted by Gasteiger charge is 2.02. The SMILES string of the molecule is ClCc1ccncc1OCc1ccc(Br)cc1. The minimum atomic E-state index is 0.429. The van der Waals surface area contributed by atoms with Gasteiger partial charge in [-0.2, -0.15) is 0 Å². The molecule has 0 saturated carbocycles. The van der Waals surface area contributed by atoms with E-state index in [2.05, 4.69) is 20.9 Å². The Labute approximate surface area is 114 Å². The van der Waals surface area contributed by atoms with Crippen LogP contribution in [0.5, 0.6) is 5.75 Å². The van der Waals surface area contributed by atoms with Crippen LogP contribution in [-0.2, 0) is 12.5 Å². The predicted molar refractivity (Wildman–Crippen MR) is 72.3 cm³/mol. The Morgan fingerprint density at radius 2 is 1.94 bits per heavy atom. The Morgan fingerprint density at radius 3 is 2.65 bits per heavy atom. The molecule has 88 valence electrons. The summed E-state index contributed by atoms with van der Waals surface area (Å²) in [6, 6.07) is 9.88. The summed E-state index contributed by atoms with van der Waals surface area (Å²) in [7, 11) is 0. The number of pyridine rings is 1. The molecule has 2 aromatic rings. The van der Waals surface area contributed by atoms with Crippen LogP contribution in [0.4, 0.5) is 0 Å². The fourth-order valence-corrected chi connectivity index (χ4v) is 1.88. The topological polar surface area (TPSA) is 22.1 Å². The van der Waals surface area contributed by atoms with Crippen molar-refractivity contribution in [2.75, 3.05) is 0 Å². The normalized spacial score (nSPS) is 10.2. The smallest absolute Gasteiger partial charge is 0.142 e. The monoisotopic (exact) mass is 311 g/mol. The number of ether oxygens (including phenoxy) is 1. The van der Waals surface area contributed by atoms with Crippen LogP contribution in [-0.4, -0.2) is 4.98 Å². The average Bonchev–Trinajstić information content (AvgIpc) is 2.38. The van der Waals surface area contributed by atoms with Crippen molar-refractivity contribution in [3.63, 3.8) is 0 Å². The summed E-state index contributed by atoms with van der Waals surface area (Å²) < 4.78 is 6.75. The van der Waals surface area contributed by atoms with Gasteiger partial charge in [0.15, 0.2) is 0 Å². The zero-order valence-electron chi connectivity index (χ0n) is 9.07. The molecule has 17 heavy (non-hydrogen) atoms. The standard InChI is InChI=1S/C13H11BrClNO/c14-12-3-1-10(2-4-12)9-17-13-8-16-6-5-11(13)7-15/h1-6,8H,7,9H2. The lowest BCUT2D eigenvalue weighted by molar-refractivity contribution is 0.302. The van der Waals surface area contributed by atoms with Gasteiger partial charge < -0.3 is 4.74 Å². The number of halogens is 2. The van der Waals surface area contributed by atoms with E-state index in [1.54, 1.807) is 12.4 Å². The fraction of sp³-hybridized carbons (Fsp3) is 0.154. The van der Waals surface area contributed by atoms with Gasteiger partial charge in [-0.1, -0.05) is 28.1 Å². The molecule has 0 aliphatic carbocycles. The highest BCUT2D eigenvalue weighted by molar-refractivity contribution is 9.10. The first-order valence-corrected chi connectivity index (χ1v) is 6.48. The van der Waals surface area contributed by atoms with Crippen LogP contribution >= 0.6 is 27.5 Å². The van der Waals surface area contributed by atoms with Gasteiger partial charge >= 0.3 is 0 Å². The molecule has 0 N–H and O–H groups in total. The van der Waals surface area contributed by atoms with E-state index in [4.69, 9.17) is 16.3 Å². The lowest BCUT2D eigenvalue weighted by atomic mass is 10.2. The molecule has 1 aromatic heterocycles. The summed E-state index contributed by atoms with van der Waals surface area (Å²) in [6.45, 7) is 0.517. The molecule has 0 saturated heterocycles. The van der Waals surface area contributed by atoms with Gasteiger partial charge in [0.25, 0.3) is 0 Å². The van der Waals surface area contributed by atoms with Crippen LogP contribution in [0.3, 0.4) is 0 Å². The lowest BCUT2D eigenvalue weighted by Gasteiger charge is -2.09. The van der Waals surface area contributed by atoms with Crippen LogP contribution < -0.4 is 4.74 Å². The molecule has 0 spiro atoms. The van der Waals surface area contributed by atoms with E-state index in [1.165, 1.54) is 0 Å². The van der Waals surface area contributed by atoms with Crippen molar-refractivity contribution in [2.24, 2.45) is 0 Å². The Hall–Kier alpha value is -1.06. The molecule has 0 bridgehead atoms. The number of hydrogen-bond donors (Lipinski definition) is 0. The molecule has 0 radical (unpaired) electrons. The largest absolute Gasteiger partial charge is 0.487 e. The quantitative estimate of drug-likeness (QED) is 0.791. The summed E-state index contributed by atoms with van der Waals surface area (Å²) in [5.74, 6) is 1.17. The Bertz CT molecular complexity index is 487. The number of rotatable bonds is 4. The zero-order valence-corrected chi connectivity index (χ0v) is 11.4. The minimum Gasteiger partial charge on any atom is -0.487 e. The van der Waals surface area contributed by atoms with Crippen LogP contribution in [0, 0.1) is 0 Å². The molecule has 2 nitrogen and oxygen atoms in total. The molecule has 0 amide bonds. The minimum absolute atomic E-state index is 0.429. The Balaban J connectivity index is 2.04. The van der Waals surface area contributed by atoms with E-state index in [0.717, 1.165) is 21.3 Å². The maximum atomic E-state index is 5.82. The van der Waals surface area contributed by atoms with Crippen LogP contribution in [0.1, 0.15) is 11.1 Å². The number of aromatic nitrogens is 1. The number of benzene rings is 1. The van der Waals surface area contributed by atoms with Crippen molar-refractivity contribution >= 4 is 27.5 Å². The molecular weight excluding hydrogens is 302 g/mol. The van der Waals surface area contributed by atoms with Crippen LogP contribution in [0.15, 0.2) is 47.2 Å². The maximum absolute atomic E-state index is 5.82. The summed E-state index contributed by atoms with van der Waals surface area (Å²) in [5.41, 5.74) is 2.07.